The number of hydrogen-bond donors (Lipinski definition) is 2. The molecule has 17 heavy (non-hydrogen) atoms. The lowest BCUT2D eigenvalue weighted by Gasteiger charge is -2.15. The van der Waals surface area contributed by atoms with Gasteiger partial charge in [-0.25, -0.2) is 4.39 Å². The van der Waals surface area contributed by atoms with Gasteiger partial charge in [0.15, 0.2) is 0 Å². The van der Waals surface area contributed by atoms with E-state index in [1.807, 2.05) is 6.92 Å². The lowest BCUT2D eigenvalue weighted by molar-refractivity contribution is 0.0923. The fourth-order valence-electron chi connectivity index (χ4n) is 1.52. The normalized spacial score (nSPS) is 14.2. The molecule has 0 spiro atoms. The number of benzene rings is 1. The molecule has 94 valence electrons. The van der Waals surface area contributed by atoms with E-state index in [0.717, 1.165) is 0 Å². The molecule has 3 nitrogen and oxygen atoms in total. The summed E-state index contributed by atoms with van der Waals surface area (Å²) in [5, 5.41) is 11.9. The van der Waals surface area contributed by atoms with Crippen LogP contribution in [-0.2, 0) is 0 Å². The number of amides is 1. The standard InChI is InChI=1S/C12H15BrFNO2/c1-7(5-8(2)16)15-12(17)9-3-4-11(14)10(13)6-9/h3-4,6-8,16H,5H2,1-2H3,(H,15,17). The summed E-state index contributed by atoms with van der Waals surface area (Å²) in [7, 11) is 0. The van der Waals surface area contributed by atoms with Crippen molar-refractivity contribution in [3.8, 4) is 0 Å². The maximum Gasteiger partial charge on any atom is 0.251 e. The number of aliphatic hydroxyl groups is 1. The number of aliphatic hydroxyl groups excluding tert-OH is 1. The summed E-state index contributed by atoms with van der Waals surface area (Å²) in [6, 6.07) is 3.95. The molecule has 0 saturated heterocycles. The lowest BCUT2D eigenvalue weighted by atomic mass is 10.1. The molecule has 0 aliphatic carbocycles. The van der Waals surface area contributed by atoms with Gasteiger partial charge in [-0.15, -0.1) is 0 Å². The summed E-state index contributed by atoms with van der Waals surface area (Å²) >= 11 is 3.03. The first kappa shape index (κ1) is 14.1. The Hall–Kier alpha value is -0.940. The molecule has 1 aromatic rings. The van der Waals surface area contributed by atoms with Crippen molar-refractivity contribution < 1.29 is 14.3 Å². The molecule has 1 amide bonds. The number of halogens is 2. The largest absolute Gasteiger partial charge is 0.393 e. The van der Waals surface area contributed by atoms with E-state index in [-0.39, 0.29) is 16.4 Å². The number of rotatable bonds is 4. The first-order valence-electron chi connectivity index (χ1n) is 5.34. The second-order valence-corrected chi connectivity index (χ2v) is 4.94. The maximum atomic E-state index is 13.0. The highest BCUT2D eigenvalue weighted by molar-refractivity contribution is 9.10. The molecule has 0 saturated carbocycles. The van der Waals surface area contributed by atoms with Crippen LogP contribution in [0.5, 0.6) is 0 Å². The van der Waals surface area contributed by atoms with E-state index >= 15 is 0 Å². The molecule has 0 radical (unpaired) electrons. The molecule has 1 aromatic carbocycles. The van der Waals surface area contributed by atoms with Crippen LogP contribution in [-0.4, -0.2) is 23.2 Å². The highest BCUT2D eigenvalue weighted by atomic mass is 79.9. The van der Waals surface area contributed by atoms with Crippen molar-refractivity contribution >= 4 is 21.8 Å². The van der Waals surface area contributed by atoms with E-state index in [4.69, 9.17) is 0 Å². The van der Waals surface area contributed by atoms with E-state index < -0.39 is 11.9 Å². The van der Waals surface area contributed by atoms with Gasteiger partial charge < -0.3 is 10.4 Å². The van der Waals surface area contributed by atoms with Crippen LogP contribution in [0.1, 0.15) is 30.6 Å². The summed E-state index contributed by atoms with van der Waals surface area (Å²) in [5.74, 6) is -0.683. The van der Waals surface area contributed by atoms with E-state index in [2.05, 4.69) is 21.2 Å². The van der Waals surface area contributed by atoms with Crippen LogP contribution >= 0.6 is 15.9 Å². The number of hydrogen-bond acceptors (Lipinski definition) is 2. The fourth-order valence-corrected chi connectivity index (χ4v) is 1.89. The first-order chi connectivity index (χ1) is 7.90. The zero-order valence-corrected chi connectivity index (χ0v) is 11.3. The van der Waals surface area contributed by atoms with Gasteiger partial charge in [0.05, 0.1) is 10.6 Å². The predicted octanol–water partition coefficient (Wildman–Crippen LogP) is 2.48. The Labute approximate surface area is 108 Å². The average Bonchev–Trinajstić information content (AvgIpc) is 2.20. The van der Waals surface area contributed by atoms with Gasteiger partial charge in [0, 0.05) is 11.6 Å². The molecule has 5 heteroatoms. The van der Waals surface area contributed by atoms with Crippen LogP contribution in [0.25, 0.3) is 0 Å². The van der Waals surface area contributed by atoms with Crippen molar-refractivity contribution in [2.45, 2.75) is 32.4 Å². The molecular formula is C12H15BrFNO2. The fraction of sp³-hybridized carbons (Fsp3) is 0.417. The Morgan fingerprint density at radius 2 is 2.18 bits per heavy atom. The molecule has 0 aliphatic rings. The summed E-state index contributed by atoms with van der Waals surface area (Å²) < 4.78 is 13.2. The van der Waals surface area contributed by atoms with Crippen LogP contribution < -0.4 is 5.32 Å². The third-order valence-corrected chi connectivity index (χ3v) is 2.86. The molecule has 2 atom stereocenters. The van der Waals surface area contributed by atoms with Gasteiger partial charge in [0.2, 0.25) is 0 Å². The molecule has 0 aromatic heterocycles. The molecule has 0 heterocycles. The Balaban J connectivity index is 2.66. The molecule has 1 rings (SSSR count). The second kappa shape index (κ2) is 6.12. The quantitative estimate of drug-likeness (QED) is 0.898. The third-order valence-electron chi connectivity index (χ3n) is 2.25. The van der Waals surface area contributed by atoms with Gasteiger partial charge in [-0.2, -0.15) is 0 Å². The third kappa shape index (κ3) is 4.44. The van der Waals surface area contributed by atoms with E-state index in [9.17, 15) is 14.3 Å². The summed E-state index contributed by atoms with van der Waals surface area (Å²) in [6.07, 6.45) is 0.0129. The van der Waals surface area contributed by atoms with Crippen molar-refractivity contribution in [1.29, 1.82) is 0 Å². The maximum absolute atomic E-state index is 13.0. The van der Waals surface area contributed by atoms with Crippen molar-refractivity contribution in [2.24, 2.45) is 0 Å². The monoisotopic (exact) mass is 303 g/mol. The molecule has 0 fully saturated rings. The Morgan fingerprint density at radius 3 is 2.71 bits per heavy atom. The van der Waals surface area contributed by atoms with Crippen LogP contribution in [0.4, 0.5) is 4.39 Å². The van der Waals surface area contributed by atoms with Crippen LogP contribution in [0.3, 0.4) is 0 Å². The molecule has 2 unspecified atom stereocenters. The van der Waals surface area contributed by atoms with Gasteiger partial charge in [-0.3, -0.25) is 4.79 Å². The van der Waals surface area contributed by atoms with Gasteiger partial charge in [-0.05, 0) is 54.4 Å². The number of nitrogens with one attached hydrogen (secondary N) is 1. The van der Waals surface area contributed by atoms with Crippen molar-refractivity contribution in [2.75, 3.05) is 0 Å². The highest BCUT2D eigenvalue weighted by Crippen LogP contribution is 2.16. The minimum Gasteiger partial charge on any atom is -0.393 e. The van der Waals surface area contributed by atoms with Gasteiger partial charge >= 0.3 is 0 Å². The Morgan fingerprint density at radius 1 is 1.53 bits per heavy atom. The number of carbonyl (C=O) groups excluding carboxylic acids is 1. The van der Waals surface area contributed by atoms with E-state index in [1.54, 1.807) is 6.92 Å². The van der Waals surface area contributed by atoms with Crippen LogP contribution in [0.2, 0.25) is 0 Å². The summed E-state index contributed by atoms with van der Waals surface area (Å²) in [5.41, 5.74) is 0.385. The van der Waals surface area contributed by atoms with E-state index in [1.165, 1.54) is 18.2 Å². The molecule has 2 N–H and O–H groups in total. The van der Waals surface area contributed by atoms with Gasteiger partial charge in [-0.1, -0.05) is 0 Å². The van der Waals surface area contributed by atoms with Crippen LogP contribution in [0.15, 0.2) is 22.7 Å². The first-order valence-corrected chi connectivity index (χ1v) is 6.13. The molecule has 0 bridgehead atoms. The Kier molecular flexibility index (Phi) is 5.08. The average molecular weight is 304 g/mol. The lowest BCUT2D eigenvalue weighted by Crippen LogP contribution is -2.34. The van der Waals surface area contributed by atoms with Crippen molar-refractivity contribution in [3.05, 3.63) is 34.1 Å². The summed E-state index contributed by atoms with van der Waals surface area (Å²) in [4.78, 5) is 11.8. The second-order valence-electron chi connectivity index (χ2n) is 4.09. The summed E-state index contributed by atoms with van der Waals surface area (Å²) in [6.45, 7) is 3.47. The minimum atomic E-state index is -0.467. The van der Waals surface area contributed by atoms with Crippen molar-refractivity contribution in [3.63, 3.8) is 0 Å². The number of carbonyl (C=O) groups is 1. The van der Waals surface area contributed by atoms with Gasteiger partial charge in [0.1, 0.15) is 5.82 Å². The molecular weight excluding hydrogens is 289 g/mol. The smallest absolute Gasteiger partial charge is 0.251 e. The van der Waals surface area contributed by atoms with Crippen molar-refractivity contribution in [1.82, 2.24) is 5.32 Å². The van der Waals surface area contributed by atoms with E-state index in [0.29, 0.717) is 12.0 Å². The zero-order chi connectivity index (χ0) is 13.0. The van der Waals surface area contributed by atoms with Crippen LogP contribution in [0, 0.1) is 5.82 Å². The molecule has 0 aliphatic heterocycles. The Bertz CT molecular complexity index is 409. The SMILES string of the molecule is CC(O)CC(C)NC(=O)c1ccc(F)c(Br)c1. The topological polar surface area (TPSA) is 49.3 Å². The predicted molar refractivity (Wildman–Crippen MR) is 67.3 cm³/mol. The minimum absolute atomic E-state index is 0.133. The highest BCUT2D eigenvalue weighted by Gasteiger charge is 2.12. The van der Waals surface area contributed by atoms with Gasteiger partial charge in [0.25, 0.3) is 5.91 Å². The zero-order valence-electron chi connectivity index (χ0n) is 9.71.